The molecule has 0 aromatic carbocycles. The summed E-state index contributed by atoms with van der Waals surface area (Å²) in [5.41, 5.74) is 3.14. The number of pyridine rings is 1. The number of alkyl halides is 3. The molecular formula is C19H15ClF3N7O. The topological polar surface area (TPSA) is 90.7 Å². The fraction of sp³-hybridized carbons (Fsp3) is 0.263. The maximum atomic E-state index is 13.8. The lowest BCUT2D eigenvalue weighted by Gasteiger charge is -2.15. The Morgan fingerprint density at radius 2 is 2.16 bits per heavy atom. The molecule has 1 unspecified atom stereocenters. The Bertz CT molecular complexity index is 1230. The number of nitrogens with zero attached hydrogens (tertiary/aromatic N) is 5. The zero-order chi connectivity index (χ0) is 21.8. The van der Waals surface area contributed by atoms with Crippen LogP contribution in [0.1, 0.15) is 33.2 Å². The summed E-state index contributed by atoms with van der Waals surface area (Å²) >= 11 is 6.37. The number of halogens is 4. The number of carbonyl (C=O) groups excluding carboxylic acids is 1. The first-order valence-corrected chi connectivity index (χ1v) is 9.73. The summed E-state index contributed by atoms with van der Waals surface area (Å²) in [4.78, 5) is 18.5. The minimum Gasteiger partial charge on any atom is -0.329 e. The molecule has 8 nitrogen and oxygen atoms in total. The second kappa shape index (κ2) is 7.12. The molecule has 5 rings (SSSR count). The fourth-order valence-corrected chi connectivity index (χ4v) is 3.98. The standard InChI is InChI=1S/C19H15ClF3N7O/c20-16-15(18(31)29-4-2-10(8-29)14-1-3-24-28-14)27-17-13(19(21,22)23)5-11(9-30(16)17)12-6-25-26-7-12/h1-3,5-6,9,12,26H,4,7-8H2,(H,24,28). The number of imidazole rings is 1. The molecule has 160 valence electrons. The van der Waals surface area contributed by atoms with Gasteiger partial charge in [0.05, 0.1) is 11.3 Å². The van der Waals surface area contributed by atoms with Gasteiger partial charge < -0.3 is 10.3 Å². The van der Waals surface area contributed by atoms with E-state index in [1.807, 2.05) is 6.08 Å². The highest BCUT2D eigenvalue weighted by atomic mass is 35.5. The van der Waals surface area contributed by atoms with E-state index in [-0.39, 0.29) is 23.3 Å². The second-order valence-corrected chi connectivity index (χ2v) is 7.62. The molecule has 0 radical (unpaired) electrons. The second-order valence-electron chi connectivity index (χ2n) is 7.26. The van der Waals surface area contributed by atoms with E-state index in [2.05, 4.69) is 25.7 Å². The van der Waals surface area contributed by atoms with Crippen LogP contribution < -0.4 is 5.43 Å². The van der Waals surface area contributed by atoms with Crippen molar-refractivity contribution >= 4 is 34.9 Å². The Balaban J connectivity index is 1.53. The van der Waals surface area contributed by atoms with Crippen LogP contribution in [0.25, 0.3) is 11.2 Å². The molecule has 5 heterocycles. The van der Waals surface area contributed by atoms with Crippen molar-refractivity contribution in [2.75, 3.05) is 19.6 Å². The zero-order valence-corrected chi connectivity index (χ0v) is 16.6. The van der Waals surface area contributed by atoms with Crippen LogP contribution in [0.2, 0.25) is 5.15 Å². The smallest absolute Gasteiger partial charge is 0.329 e. The van der Waals surface area contributed by atoms with Crippen LogP contribution in [0.5, 0.6) is 0 Å². The predicted molar refractivity (Wildman–Crippen MR) is 107 cm³/mol. The van der Waals surface area contributed by atoms with E-state index in [0.29, 0.717) is 18.7 Å². The van der Waals surface area contributed by atoms with E-state index in [0.717, 1.165) is 21.7 Å². The molecule has 2 aliphatic heterocycles. The molecule has 0 saturated carbocycles. The monoisotopic (exact) mass is 449 g/mol. The third-order valence-electron chi connectivity index (χ3n) is 5.33. The molecule has 1 atom stereocenters. The maximum absolute atomic E-state index is 13.8. The number of rotatable bonds is 3. The van der Waals surface area contributed by atoms with Gasteiger partial charge in [-0.2, -0.15) is 23.4 Å². The average Bonchev–Trinajstić information content (AvgIpc) is 3.53. The van der Waals surface area contributed by atoms with Gasteiger partial charge in [-0.3, -0.25) is 14.3 Å². The average molecular weight is 450 g/mol. The first kappa shape index (κ1) is 19.6. The molecule has 0 spiro atoms. The van der Waals surface area contributed by atoms with Gasteiger partial charge in [0.2, 0.25) is 0 Å². The lowest BCUT2D eigenvalue weighted by Crippen LogP contribution is -2.29. The highest BCUT2D eigenvalue weighted by Gasteiger charge is 2.37. The SMILES string of the molecule is O=C(c1nc2c(C(F)(F)F)cc(C3C=NNC3)cn2c1Cl)N1CC=C(c2ccn[nH]2)C1. The minimum atomic E-state index is -4.67. The lowest BCUT2D eigenvalue weighted by atomic mass is 10.0. The van der Waals surface area contributed by atoms with Gasteiger partial charge >= 0.3 is 6.18 Å². The molecular weight excluding hydrogens is 435 g/mol. The highest BCUT2D eigenvalue weighted by Crippen LogP contribution is 2.36. The van der Waals surface area contributed by atoms with E-state index in [1.54, 1.807) is 12.3 Å². The van der Waals surface area contributed by atoms with Crippen molar-refractivity contribution in [2.24, 2.45) is 5.10 Å². The molecule has 3 aromatic heterocycles. The van der Waals surface area contributed by atoms with Gasteiger partial charge in [0.25, 0.3) is 5.91 Å². The van der Waals surface area contributed by atoms with E-state index >= 15 is 0 Å². The maximum Gasteiger partial charge on any atom is 0.419 e. The summed E-state index contributed by atoms with van der Waals surface area (Å²) in [5, 5.41) is 10.4. The molecule has 12 heteroatoms. The zero-order valence-electron chi connectivity index (χ0n) is 15.8. The normalized spacial score (nSPS) is 18.6. The molecule has 2 aliphatic rings. The number of aromatic nitrogens is 4. The number of hydrazone groups is 1. The molecule has 1 amide bonds. The third-order valence-corrected chi connectivity index (χ3v) is 5.69. The quantitative estimate of drug-likeness (QED) is 0.643. The minimum absolute atomic E-state index is 0.162. The van der Waals surface area contributed by atoms with Gasteiger partial charge in [0.1, 0.15) is 5.15 Å². The van der Waals surface area contributed by atoms with Crippen LogP contribution in [0.3, 0.4) is 0 Å². The van der Waals surface area contributed by atoms with Crippen molar-refractivity contribution in [3.8, 4) is 0 Å². The molecule has 3 aromatic rings. The van der Waals surface area contributed by atoms with Crippen molar-refractivity contribution in [1.29, 1.82) is 0 Å². The number of hydrogen-bond donors (Lipinski definition) is 2. The van der Waals surface area contributed by atoms with Gasteiger partial charge in [-0.15, -0.1) is 0 Å². The number of amides is 1. The Hall–Kier alpha value is -3.34. The molecule has 31 heavy (non-hydrogen) atoms. The first-order chi connectivity index (χ1) is 14.8. The fourth-order valence-electron chi connectivity index (χ4n) is 3.73. The van der Waals surface area contributed by atoms with Gasteiger partial charge in [-0.1, -0.05) is 17.7 Å². The third kappa shape index (κ3) is 3.34. The summed E-state index contributed by atoms with van der Waals surface area (Å²) in [7, 11) is 0. The number of fused-ring (bicyclic) bond motifs is 1. The summed E-state index contributed by atoms with van der Waals surface area (Å²) in [6.07, 6.45) is 1.78. The Labute approximate surface area is 178 Å². The summed E-state index contributed by atoms with van der Waals surface area (Å²) < 4.78 is 42.5. The Morgan fingerprint density at radius 3 is 2.84 bits per heavy atom. The first-order valence-electron chi connectivity index (χ1n) is 9.35. The lowest BCUT2D eigenvalue weighted by molar-refractivity contribution is -0.136. The van der Waals surface area contributed by atoms with Gasteiger partial charge in [0, 0.05) is 44.2 Å². The van der Waals surface area contributed by atoms with Crippen LogP contribution in [0, 0.1) is 0 Å². The number of nitrogens with one attached hydrogen (secondary N) is 2. The van der Waals surface area contributed by atoms with Crippen LogP contribution in [0.15, 0.2) is 35.7 Å². The van der Waals surface area contributed by atoms with Crippen LogP contribution in [-0.2, 0) is 6.18 Å². The predicted octanol–water partition coefficient (Wildman–Crippen LogP) is 2.94. The van der Waals surface area contributed by atoms with Gasteiger partial charge in [-0.25, -0.2) is 4.98 Å². The largest absolute Gasteiger partial charge is 0.419 e. The molecule has 0 fully saturated rings. The van der Waals surface area contributed by atoms with Gasteiger partial charge in [0.15, 0.2) is 11.3 Å². The van der Waals surface area contributed by atoms with Crippen molar-refractivity contribution < 1.29 is 18.0 Å². The van der Waals surface area contributed by atoms with E-state index in [4.69, 9.17) is 11.6 Å². The van der Waals surface area contributed by atoms with E-state index in [9.17, 15) is 18.0 Å². The van der Waals surface area contributed by atoms with E-state index in [1.165, 1.54) is 17.3 Å². The summed E-state index contributed by atoms with van der Waals surface area (Å²) in [6, 6.07) is 2.81. The van der Waals surface area contributed by atoms with Crippen molar-refractivity contribution in [1.82, 2.24) is 29.9 Å². The van der Waals surface area contributed by atoms with Crippen LogP contribution in [-0.4, -0.2) is 56.2 Å². The Kier molecular flexibility index (Phi) is 4.50. The number of aromatic amines is 1. The molecule has 0 saturated heterocycles. The Morgan fingerprint density at radius 1 is 1.32 bits per heavy atom. The van der Waals surface area contributed by atoms with Gasteiger partial charge in [-0.05, 0) is 23.3 Å². The van der Waals surface area contributed by atoms with Crippen LogP contribution in [0.4, 0.5) is 13.2 Å². The summed E-state index contributed by atoms with van der Waals surface area (Å²) in [5.74, 6) is -0.888. The van der Waals surface area contributed by atoms with E-state index < -0.39 is 23.3 Å². The molecule has 0 bridgehead atoms. The number of H-pyrrole nitrogens is 1. The summed E-state index contributed by atoms with van der Waals surface area (Å²) in [6.45, 7) is 0.933. The number of carbonyl (C=O) groups is 1. The molecule has 2 N–H and O–H groups in total. The van der Waals surface area contributed by atoms with Crippen molar-refractivity contribution in [2.45, 2.75) is 12.1 Å². The van der Waals surface area contributed by atoms with Crippen molar-refractivity contribution in [3.05, 3.63) is 58.3 Å². The highest BCUT2D eigenvalue weighted by molar-refractivity contribution is 6.33. The number of hydrogen-bond acceptors (Lipinski definition) is 5. The molecule has 0 aliphatic carbocycles. The van der Waals surface area contributed by atoms with Crippen molar-refractivity contribution in [3.63, 3.8) is 0 Å². The van der Waals surface area contributed by atoms with Crippen LogP contribution >= 0.6 is 11.6 Å².